The van der Waals surface area contributed by atoms with E-state index in [0.29, 0.717) is 11.9 Å². The quantitative estimate of drug-likeness (QED) is 0.820. The molecule has 3 nitrogen and oxygen atoms in total. The van der Waals surface area contributed by atoms with Gasteiger partial charge in [-0.2, -0.15) is 0 Å². The van der Waals surface area contributed by atoms with Gasteiger partial charge in [0, 0.05) is 24.5 Å². The average molecular weight is 254 g/mol. The molecule has 1 aliphatic heterocycles. The molecule has 3 heteroatoms. The van der Waals surface area contributed by atoms with Crippen LogP contribution in [0.15, 0.2) is 0 Å². The second-order valence-corrected chi connectivity index (χ2v) is 5.76. The van der Waals surface area contributed by atoms with Crippen molar-refractivity contribution in [2.75, 3.05) is 6.54 Å². The largest absolute Gasteiger partial charge is 0.339 e. The number of rotatable bonds is 5. The Hall–Kier alpha value is -0.570. The number of nitrogens with zero attached hydrogens (tertiary/aromatic N) is 1. The van der Waals surface area contributed by atoms with E-state index < -0.39 is 0 Å². The predicted molar refractivity (Wildman–Crippen MR) is 76.3 cm³/mol. The maximum absolute atomic E-state index is 12.6. The Bertz CT molecular complexity index is 249. The van der Waals surface area contributed by atoms with Gasteiger partial charge in [-0.15, -0.1) is 0 Å². The summed E-state index contributed by atoms with van der Waals surface area (Å²) in [6.45, 7) is 7.21. The summed E-state index contributed by atoms with van der Waals surface area (Å²) in [6.07, 6.45) is 7.64. The van der Waals surface area contributed by atoms with Gasteiger partial charge < -0.3 is 10.6 Å². The van der Waals surface area contributed by atoms with E-state index in [4.69, 9.17) is 5.73 Å². The summed E-state index contributed by atoms with van der Waals surface area (Å²) in [5.74, 6) is 0.575. The van der Waals surface area contributed by atoms with Gasteiger partial charge >= 0.3 is 0 Å². The zero-order valence-electron chi connectivity index (χ0n) is 12.3. The van der Waals surface area contributed by atoms with E-state index >= 15 is 0 Å². The third kappa shape index (κ3) is 4.27. The molecule has 1 heterocycles. The Balaban J connectivity index is 2.74. The van der Waals surface area contributed by atoms with Gasteiger partial charge in [0.1, 0.15) is 0 Å². The van der Waals surface area contributed by atoms with E-state index in [1.807, 2.05) is 6.92 Å². The molecule has 0 spiro atoms. The van der Waals surface area contributed by atoms with Crippen molar-refractivity contribution in [1.82, 2.24) is 4.90 Å². The minimum Gasteiger partial charge on any atom is -0.339 e. The molecule has 18 heavy (non-hydrogen) atoms. The van der Waals surface area contributed by atoms with E-state index in [1.165, 1.54) is 12.8 Å². The molecule has 0 saturated carbocycles. The summed E-state index contributed by atoms with van der Waals surface area (Å²) >= 11 is 0. The highest BCUT2D eigenvalue weighted by molar-refractivity contribution is 5.79. The van der Waals surface area contributed by atoms with Crippen molar-refractivity contribution >= 4 is 5.91 Å². The molecule has 1 rings (SSSR count). The molecule has 1 aliphatic rings. The van der Waals surface area contributed by atoms with E-state index in [2.05, 4.69) is 18.7 Å². The van der Waals surface area contributed by atoms with Gasteiger partial charge in [0.15, 0.2) is 0 Å². The highest BCUT2D eigenvalue weighted by Gasteiger charge is 2.29. The first-order valence-electron chi connectivity index (χ1n) is 7.66. The molecule has 1 fully saturated rings. The molecule has 0 aromatic carbocycles. The Morgan fingerprint density at radius 2 is 1.94 bits per heavy atom. The fourth-order valence-corrected chi connectivity index (χ4v) is 3.01. The maximum Gasteiger partial charge on any atom is 0.225 e. The molecular formula is C15H30N2O. The van der Waals surface area contributed by atoms with E-state index in [-0.39, 0.29) is 12.0 Å². The van der Waals surface area contributed by atoms with Crippen molar-refractivity contribution in [2.24, 2.45) is 11.7 Å². The van der Waals surface area contributed by atoms with Crippen LogP contribution in [-0.2, 0) is 4.79 Å². The Morgan fingerprint density at radius 1 is 1.28 bits per heavy atom. The first-order chi connectivity index (χ1) is 8.60. The highest BCUT2D eigenvalue weighted by atomic mass is 16.2. The van der Waals surface area contributed by atoms with Crippen LogP contribution in [0.2, 0.25) is 0 Å². The molecule has 0 aromatic rings. The number of amides is 1. The number of nitrogens with two attached hydrogens (primary N) is 1. The van der Waals surface area contributed by atoms with Crippen LogP contribution in [0.3, 0.4) is 0 Å². The SMILES string of the molecule is CCC(CC)C(=O)N1CCCCCC1CC(C)N. The lowest BCUT2D eigenvalue weighted by atomic mass is 9.98. The fraction of sp³-hybridized carbons (Fsp3) is 0.933. The van der Waals surface area contributed by atoms with Gasteiger partial charge in [0.05, 0.1) is 0 Å². The number of carbonyl (C=O) groups is 1. The first-order valence-corrected chi connectivity index (χ1v) is 7.66. The molecule has 0 radical (unpaired) electrons. The van der Waals surface area contributed by atoms with Crippen LogP contribution in [0, 0.1) is 5.92 Å². The van der Waals surface area contributed by atoms with Crippen LogP contribution in [-0.4, -0.2) is 29.4 Å². The van der Waals surface area contributed by atoms with Gasteiger partial charge in [0.25, 0.3) is 0 Å². The summed E-state index contributed by atoms with van der Waals surface area (Å²) in [5, 5.41) is 0. The number of hydrogen-bond acceptors (Lipinski definition) is 2. The molecule has 0 bridgehead atoms. The second-order valence-electron chi connectivity index (χ2n) is 5.76. The predicted octanol–water partition coefficient (Wildman–Crippen LogP) is 2.93. The van der Waals surface area contributed by atoms with Crippen molar-refractivity contribution in [3.8, 4) is 0 Å². The Kier molecular flexibility index (Phi) is 6.69. The molecule has 0 aromatic heterocycles. The van der Waals surface area contributed by atoms with Crippen molar-refractivity contribution in [2.45, 2.75) is 77.8 Å². The van der Waals surface area contributed by atoms with Crippen LogP contribution >= 0.6 is 0 Å². The minimum absolute atomic E-state index is 0.185. The molecular weight excluding hydrogens is 224 g/mol. The van der Waals surface area contributed by atoms with Crippen molar-refractivity contribution in [3.63, 3.8) is 0 Å². The van der Waals surface area contributed by atoms with Crippen LogP contribution in [0.4, 0.5) is 0 Å². The van der Waals surface area contributed by atoms with Gasteiger partial charge in [-0.1, -0.05) is 26.7 Å². The minimum atomic E-state index is 0.185. The molecule has 106 valence electrons. The Labute approximate surface area is 112 Å². The summed E-state index contributed by atoms with van der Waals surface area (Å²) < 4.78 is 0. The van der Waals surface area contributed by atoms with E-state index in [1.54, 1.807) is 0 Å². The third-order valence-electron chi connectivity index (χ3n) is 4.14. The smallest absolute Gasteiger partial charge is 0.225 e. The molecule has 1 saturated heterocycles. The monoisotopic (exact) mass is 254 g/mol. The molecule has 2 unspecified atom stereocenters. The second kappa shape index (κ2) is 7.78. The van der Waals surface area contributed by atoms with Gasteiger partial charge in [0.2, 0.25) is 5.91 Å². The molecule has 1 amide bonds. The van der Waals surface area contributed by atoms with Crippen LogP contribution in [0.1, 0.15) is 65.7 Å². The van der Waals surface area contributed by atoms with Crippen LogP contribution in [0.25, 0.3) is 0 Å². The number of likely N-dealkylation sites (tertiary alicyclic amines) is 1. The standard InChI is InChI=1S/C15H30N2O/c1-4-13(5-2)15(18)17-10-8-6-7-9-14(17)11-12(3)16/h12-14H,4-11,16H2,1-3H3. The molecule has 2 atom stereocenters. The van der Waals surface area contributed by atoms with Gasteiger partial charge in [-0.05, 0) is 39.0 Å². The van der Waals surface area contributed by atoms with Crippen LogP contribution < -0.4 is 5.73 Å². The Morgan fingerprint density at radius 3 is 2.50 bits per heavy atom. The lowest BCUT2D eigenvalue weighted by molar-refractivity contribution is -0.138. The first kappa shape index (κ1) is 15.5. The summed E-state index contributed by atoms with van der Waals surface area (Å²) in [6, 6.07) is 0.561. The molecule has 0 aliphatic carbocycles. The normalized spacial score (nSPS) is 22.9. The number of hydrogen-bond donors (Lipinski definition) is 1. The van der Waals surface area contributed by atoms with Gasteiger partial charge in [-0.25, -0.2) is 0 Å². The zero-order chi connectivity index (χ0) is 13.5. The zero-order valence-corrected chi connectivity index (χ0v) is 12.3. The number of carbonyl (C=O) groups excluding carboxylic acids is 1. The molecule has 2 N–H and O–H groups in total. The van der Waals surface area contributed by atoms with E-state index in [0.717, 1.165) is 38.6 Å². The summed E-state index contributed by atoms with van der Waals surface area (Å²) in [7, 11) is 0. The maximum atomic E-state index is 12.6. The topological polar surface area (TPSA) is 46.3 Å². The van der Waals surface area contributed by atoms with Crippen molar-refractivity contribution in [1.29, 1.82) is 0 Å². The lowest BCUT2D eigenvalue weighted by Crippen LogP contribution is -2.45. The van der Waals surface area contributed by atoms with E-state index in [9.17, 15) is 4.79 Å². The average Bonchev–Trinajstić information content (AvgIpc) is 2.55. The highest BCUT2D eigenvalue weighted by Crippen LogP contribution is 2.23. The van der Waals surface area contributed by atoms with Crippen molar-refractivity contribution in [3.05, 3.63) is 0 Å². The summed E-state index contributed by atoms with van der Waals surface area (Å²) in [5.41, 5.74) is 5.94. The lowest BCUT2D eigenvalue weighted by Gasteiger charge is -2.33. The van der Waals surface area contributed by atoms with Gasteiger partial charge in [-0.3, -0.25) is 4.79 Å². The third-order valence-corrected chi connectivity index (χ3v) is 4.14. The summed E-state index contributed by atoms with van der Waals surface area (Å²) in [4.78, 5) is 14.7. The van der Waals surface area contributed by atoms with Crippen molar-refractivity contribution < 1.29 is 4.79 Å². The van der Waals surface area contributed by atoms with Crippen LogP contribution in [0.5, 0.6) is 0 Å². The fourth-order valence-electron chi connectivity index (χ4n) is 3.01.